The molecule has 1 aromatic heterocycles. The van der Waals surface area contributed by atoms with Crippen molar-refractivity contribution in [1.82, 2.24) is 14.9 Å². The van der Waals surface area contributed by atoms with Crippen LogP contribution < -0.4 is 10.9 Å². The van der Waals surface area contributed by atoms with Crippen LogP contribution in [-0.4, -0.2) is 38.9 Å². The van der Waals surface area contributed by atoms with E-state index < -0.39 is 30.4 Å². The second-order valence-electron chi connectivity index (χ2n) is 5.25. The van der Waals surface area contributed by atoms with E-state index in [1.54, 1.807) is 31.2 Å². The van der Waals surface area contributed by atoms with E-state index in [9.17, 15) is 19.2 Å². The Morgan fingerprint density at radius 2 is 2.08 bits per heavy atom. The van der Waals surface area contributed by atoms with Crippen molar-refractivity contribution in [3.63, 3.8) is 0 Å². The minimum Gasteiger partial charge on any atom is -0.481 e. The molecule has 2 rings (SSSR count). The van der Waals surface area contributed by atoms with Crippen molar-refractivity contribution in [2.24, 2.45) is 0 Å². The molecule has 0 saturated heterocycles. The van der Waals surface area contributed by atoms with E-state index in [2.05, 4.69) is 10.3 Å². The van der Waals surface area contributed by atoms with Gasteiger partial charge in [0.15, 0.2) is 0 Å². The van der Waals surface area contributed by atoms with Crippen LogP contribution in [0.4, 0.5) is 0 Å². The summed E-state index contributed by atoms with van der Waals surface area (Å²) in [4.78, 5) is 50.7. The molecule has 0 bridgehead atoms. The van der Waals surface area contributed by atoms with Crippen LogP contribution in [0.15, 0.2) is 35.4 Å². The fraction of sp³-hybridized carbons (Fsp3) is 0.312. The van der Waals surface area contributed by atoms with Gasteiger partial charge in [0.25, 0.3) is 5.56 Å². The first-order valence-corrected chi connectivity index (χ1v) is 7.41. The predicted molar refractivity (Wildman–Crippen MR) is 85.6 cm³/mol. The van der Waals surface area contributed by atoms with E-state index in [0.29, 0.717) is 17.2 Å². The predicted octanol–water partition coefficient (Wildman–Crippen LogP) is 0.506. The van der Waals surface area contributed by atoms with Crippen LogP contribution >= 0.6 is 0 Å². The zero-order valence-corrected chi connectivity index (χ0v) is 13.0. The Labute approximate surface area is 137 Å². The summed E-state index contributed by atoms with van der Waals surface area (Å²) in [5, 5.41) is 11.5. The fourth-order valence-electron chi connectivity index (χ4n) is 2.41. The summed E-state index contributed by atoms with van der Waals surface area (Å²) >= 11 is 0. The van der Waals surface area contributed by atoms with Gasteiger partial charge in [-0.2, -0.15) is 0 Å². The van der Waals surface area contributed by atoms with E-state index >= 15 is 0 Å². The molecule has 0 spiro atoms. The number of aliphatic carboxylic acids is 1. The van der Waals surface area contributed by atoms with Crippen molar-refractivity contribution in [3.05, 3.63) is 40.9 Å². The number of fused-ring (bicyclic) bond motifs is 1. The van der Waals surface area contributed by atoms with E-state index in [0.717, 1.165) is 0 Å². The van der Waals surface area contributed by atoms with Crippen molar-refractivity contribution < 1.29 is 19.5 Å². The number of rotatable bonds is 7. The van der Waals surface area contributed by atoms with Gasteiger partial charge in [-0.3, -0.25) is 19.0 Å². The highest BCUT2D eigenvalue weighted by atomic mass is 16.4. The van der Waals surface area contributed by atoms with E-state index in [-0.39, 0.29) is 12.0 Å². The molecular formula is C16H17N3O5. The molecule has 0 saturated carbocycles. The first kappa shape index (κ1) is 17.3. The van der Waals surface area contributed by atoms with Crippen molar-refractivity contribution in [2.75, 3.05) is 0 Å². The molecule has 2 aromatic rings. The van der Waals surface area contributed by atoms with Gasteiger partial charge in [-0.25, -0.2) is 4.98 Å². The van der Waals surface area contributed by atoms with Crippen LogP contribution in [0, 0.1) is 0 Å². The lowest BCUT2D eigenvalue weighted by molar-refractivity contribution is -0.139. The SMILES string of the molecule is CCC(C(=O)NC(C=O)CC(=O)O)n1cnc2ccccc2c1=O. The molecule has 0 radical (unpaired) electrons. The van der Waals surface area contributed by atoms with Crippen molar-refractivity contribution >= 4 is 29.1 Å². The van der Waals surface area contributed by atoms with Crippen LogP contribution in [0.5, 0.6) is 0 Å². The highest BCUT2D eigenvalue weighted by Crippen LogP contribution is 2.12. The quantitative estimate of drug-likeness (QED) is 0.714. The molecule has 1 amide bonds. The van der Waals surface area contributed by atoms with Gasteiger partial charge < -0.3 is 15.2 Å². The number of carbonyl (C=O) groups is 3. The molecule has 0 aliphatic heterocycles. The van der Waals surface area contributed by atoms with Crippen molar-refractivity contribution in [3.8, 4) is 0 Å². The van der Waals surface area contributed by atoms with Gasteiger partial charge >= 0.3 is 5.97 Å². The van der Waals surface area contributed by atoms with Crippen LogP contribution in [0.1, 0.15) is 25.8 Å². The number of nitrogens with one attached hydrogen (secondary N) is 1. The molecular weight excluding hydrogens is 314 g/mol. The first-order chi connectivity index (χ1) is 11.5. The molecule has 2 unspecified atom stereocenters. The van der Waals surface area contributed by atoms with Gasteiger partial charge in [0.1, 0.15) is 12.3 Å². The van der Waals surface area contributed by atoms with E-state index in [1.165, 1.54) is 10.9 Å². The summed E-state index contributed by atoms with van der Waals surface area (Å²) in [7, 11) is 0. The molecule has 0 aliphatic rings. The summed E-state index contributed by atoms with van der Waals surface area (Å²) in [6.45, 7) is 1.71. The molecule has 0 aliphatic carbocycles. The average molecular weight is 331 g/mol. The Bertz CT molecular complexity index is 830. The van der Waals surface area contributed by atoms with Gasteiger partial charge in [-0.05, 0) is 18.6 Å². The number of carboxylic acids is 1. The number of carbonyl (C=O) groups excluding carboxylic acids is 2. The molecule has 126 valence electrons. The standard InChI is InChI=1S/C16H17N3O5/c1-2-13(15(23)18-10(8-20)7-14(21)22)19-9-17-12-6-4-3-5-11(12)16(19)24/h3-6,8-10,13H,2,7H2,1H3,(H,18,23)(H,21,22). The lowest BCUT2D eigenvalue weighted by atomic mass is 10.1. The van der Waals surface area contributed by atoms with Gasteiger partial charge in [-0.15, -0.1) is 0 Å². The minimum absolute atomic E-state index is 0.282. The second-order valence-corrected chi connectivity index (χ2v) is 5.25. The number of hydrogen-bond acceptors (Lipinski definition) is 5. The largest absolute Gasteiger partial charge is 0.481 e. The third-order valence-corrected chi connectivity index (χ3v) is 3.60. The summed E-state index contributed by atoms with van der Waals surface area (Å²) in [5.74, 6) is -1.81. The Hall–Kier alpha value is -3.03. The number of nitrogens with zero attached hydrogens (tertiary/aromatic N) is 2. The second kappa shape index (κ2) is 7.49. The van der Waals surface area contributed by atoms with Crippen LogP contribution in [0.25, 0.3) is 10.9 Å². The van der Waals surface area contributed by atoms with Crippen molar-refractivity contribution in [1.29, 1.82) is 0 Å². The van der Waals surface area contributed by atoms with Crippen molar-refractivity contribution in [2.45, 2.75) is 31.8 Å². The monoisotopic (exact) mass is 331 g/mol. The van der Waals surface area contributed by atoms with Gasteiger partial charge in [0.05, 0.1) is 29.7 Å². The number of benzene rings is 1. The minimum atomic E-state index is -1.20. The van der Waals surface area contributed by atoms with Gasteiger partial charge in [-0.1, -0.05) is 19.1 Å². The Morgan fingerprint density at radius 1 is 1.38 bits per heavy atom. The smallest absolute Gasteiger partial charge is 0.305 e. The molecule has 24 heavy (non-hydrogen) atoms. The molecule has 8 heteroatoms. The zero-order chi connectivity index (χ0) is 17.7. The summed E-state index contributed by atoms with van der Waals surface area (Å²) in [5.41, 5.74) is 0.147. The van der Waals surface area contributed by atoms with E-state index in [4.69, 9.17) is 5.11 Å². The number of carboxylic acid groups (broad SMARTS) is 1. The molecule has 2 N–H and O–H groups in total. The number of amides is 1. The van der Waals surface area contributed by atoms with Crippen LogP contribution in [0.2, 0.25) is 0 Å². The van der Waals surface area contributed by atoms with Crippen LogP contribution in [-0.2, 0) is 14.4 Å². The Balaban J connectivity index is 2.32. The summed E-state index contributed by atoms with van der Waals surface area (Å²) < 4.78 is 1.19. The molecule has 1 heterocycles. The highest BCUT2D eigenvalue weighted by Gasteiger charge is 2.24. The maximum Gasteiger partial charge on any atom is 0.305 e. The summed E-state index contributed by atoms with van der Waals surface area (Å²) in [6.07, 6.45) is 1.41. The first-order valence-electron chi connectivity index (χ1n) is 7.41. The van der Waals surface area contributed by atoms with E-state index in [1.807, 2.05) is 0 Å². The normalized spacial score (nSPS) is 13.2. The number of hydrogen-bond donors (Lipinski definition) is 2. The topological polar surface area (TPSA) is 118 Å². The number of aldehydes is 1. The third-order valence-electron chi connectivity index (χ3n) is 3.60. The summed E-state index contributed by atoms with van der Waals surface area (Å²) in [6, 6.07) is 4.73. The maximum absolute atomic E-state index is 12.5. The average Bonchev–Trinajstić information content (AvgIpc) is 2.56. The molecule has 0 fully saturated rings. The maximum atomic E-state index is 12.5. The molecule has 2 atom stereocenters. The highest BCUT2D eigenvalue weighted by molar-refractivity contribution is 5.85. The molecule has 1 aromatic carbocycles. The zero-order valence-electron chi connectivity index (χ0n) is 13.0. The van der Waals surface area contributed by atoms with Gasteiger partial charge in [0.2, 0.25) is 5.91 Å². The molecule has 8 nitrogen and oxygen atoms in total. The van der Waals surface area contributed by atoms with Gasteiger partial charge in [0, 0.05) is 0 Å². The fourth-order valence-corrected chi connectivity index (χ4v) is 2.41. The Kier molecular flexibility index (Phi) is 5.41. The lowest BCUT2D eigenvalue weighted by Gasteiger charge is -2.19. The third kappa shape index (κ3) is 3.65. The number of para-hydroxylation sites is 1. The van der Waals surface area contributed by atoms with Crippen LogP contribution in [0.3, 0.4) is 0 Å². The lowest BCUT2D eigenvalue weighted by Crippen LogP contribution is -2.43. The number of aromatic nitrogens is 2. The Morgan fingerprint density at radius 3 is 2.71 bits per heavy atom.